The van der Waals surface area contributed by atoms with E-state index in [1.165, 1.54) is 4.90 Å². The van der Waals surface area contributed by atoms with Crippen LogP contribution >= 0.6 is 11.8 Å². The van der Waals surface area contributed by atoms with E-state index in [1.54, 1.807) is 6.92 Å². The summed E-state index contributed by atoms with van der Waals surface area (Å²) in [7, 11) is 1.15. The summed E-state index contributed by atoms with van der Waals surface area (Å²) in [6, 6.07) is 2.07. The lowest BCUT2D eigenvalue weighted by Gasteiger charge is -2.36. The molecule has 1 unspecified atom stereocenters. The number of rotatable bonds is 5. The Balaban J connectivity index is 2.48. The van der Waals surface area contributed by atoms with Gasteiger partial charge in [-0.2, -0.15) is 26.3 Å². The van der Waals surface area contributed by atoms with E-state index in [1.807, 2.05) is 0 Å². The summed E-state index contributed by atoms with van der Waals surface area (Å²) < 4.78 is 83.6. The Morgan fingerprint density at radius 1 is 1.17 bits per heavy atom. The molecule has 12 heteroatoms. The molecule has 0 saturated heterocycles. The summed E-state index contributed by atoms with van der Waals surface area (Å²) in [4.78, 5) is 25.0. The van der Waals surface area contributed by atoms with Gasteiger partial charge in [0.1, 0.15) is 0 Å². The monoisotopic (exact) mass is 459 g/mol. The molecule has 0 radical (unpaired) electrons. The minimum absolute atomic E-state index is 0.00365. The van der Waals surface area contributed by atoms with Crippen LogP contribution in [0.5, 0.6) is 0 Å². The minimum atomic E-state index is -6.00. The SMILES string of the molecule is CCC1CN(C(=O)CCC(=O)OC)c2ccc(C(O)(C(F)(F)F)C(F)(F)F)cc2S1. The van der Waals surface area contributed by atoms with Crippen molar-refractivity contribution in [3.05, 3.63) is 23.8 Å². The molecule has 0 bridgehead atoms. The van der Waals surface area contributed by atoms with Crippen molar-refractivity contribution in [1.82, 2.24) is 0 Å². The molecule has 1 atom stereocenters. The lowest BCUT2D eigenvalue weighted by atomic mass is 9.92. The van der Waals surface area contributed by atoms with Gasteiger partial charge in [0.15, 0.2) is 0 Å². The summed E-state index contributed by atoms with van der Waals surface area (Å²) >= 11 is 1.03. The number of thioether (sulfide) groups is 1. The molecule has 0 aliphatic carbocycles. The number of aliphatic hydroxyl groups is 1. The van der Waals surface area contributed by atoms with Crippen LogP contribution in [0.15, 0.2) is 23.1 Å². The third-order valence-electron chi connectivity index (χ3n) is 4.70. The van der Waals surface area contributed by atoms with Crippen molar-refractivity contribution in [2.75, 3.05) is 18.6 Å². The van der Waals surface area contributed by atoms with Gasteiger partial charge in [-0.1, -0.05) is 13.0 Å². The second-order valence-corrected chi connectivity index (χ2v) is 7.96. The predicted molar refractivity (Wildman–Crippen MR) is 96.0 cm³/mol. The number of esters is 1. The Kier molecular flexibility index (Phi) is 7.02. The van der Waals surface area contributed by atoms with Crippen molar-refractivity contribution >= 4 is 29.3 Å². The first-order chi connectivity index (χ1) is 13.8. The first-order valence-corrected chi connectivity index (χ1v) is 9.68. The standard InChI is InChI=1S/C18H19F6NO4S/c1-3-11-9-25(14(26)6-7-15(27)29-2)12-5-4-10(8-13(12)30-11)16(28,17(19,20)21)18(22,23)24/h4-5,8,11,28H,3,6-7,9H2,1-2H3. The zero-order valence-electron chi connectivity index (χ0n) is 15.9. The van der Waals surface area contributed by atoms with Gasteiger partial charge in [-0.25, -0.2) is 0 Å². The maximum atomic E-state index is 13.2. The van der Waals surface area contributed by atoms with Crippen LogP contribution in [0, 0.1) is 0 Å². The Morgan fingerprint density at radius 2 is 1.77 bits per heavy atom. The fraction of sp³-hybridized carbons (Fsp3) is 0.556. The molecule has 30 heavy (non-hydrogen) atoms. The lowest BCUT2D eigenvalue weighted by Crippen LogP contribution is -2.54. The highest BCUT2D eigenvalue weighted by Gasteiger charge is 2.71. The molecule has 1 aliphatic heterocycles. The molecule has 1 aromatic carbocycles. The summed E-state index contributed by atoms with van der Waals surface area (Å²) in [6.07, 6.45) is -12.0. The molecule has 1 aromatic rings. The smallest absolute Gasteiger partial charge is 0.430 e. The van der Waals surface area contributed by atoms with Gasteiger partial charge in [0.25, 0.3) is 5.60 Å². The molecule has 0 spiro atoms. The van der Waals surface area contributed by atoms with E-state index in [0.29, 0.717) is 18.6 Å². The van der Waals surface area contributed by atoms with Crippen molar-refractivity contribution in [2.45, 2.75) is 54.3 Å². The maximum Gasteiger partial charge on any atom is 0.430 e. The van der Waals surface area contributed by atoms with Crippen molar-refractivity contribution in [3.63, 3.8) is 0 Å². The van der Waals surface area contributed by atoms with Crippen LogP contribution in [-0.2, 0) is 19.9 Å². The highest BCUT2D eigenvalue weighted by molar-refractivity contribution is 8.00. The van der Waals surface area contributed by atoms with Crippen LogP contribution in [0.25, 0.3) is 0 Å². The molecular weight excluding hydrogens is 440 g/mol. The van der Waals surface area contributed by atoms with Crippen LogP contribution in [0.1, 0.15) is 31.7 Å². The highest BCUT2D eigenvalue weighted by atomic mass is 32.2. The topological polar surface area (TPSA) is 66.8 Å². The number of carbonyl (C=O) groups excluding carboxylic acids is 2. The first-order valence-electron chi connectivity index (χ1n) is 8.80. The van der Waals surface area contributed by atoms with Gasteiger partial charge < -0.3 is 14.7 Å². The molecule has 168 valence electrons. The molecule has 0 saturated carbocycles. The number of alkyl halides is 6. The first kappa shape index (κ1) is 24.3. The van der Waals surface area contributed by atoms with Crippen LogP contribution in [-0.4, -0.2) is 48.2 Å². The van der Waals surface area contributed by atoms with Gasteiger partial charge in [-0.05, 0) is 18.6 Å². The fourth-order valence-electron chi connectivity index (χ4n) is 2.96. The van der Waals surface area contributed by atoms with Crippen LogP contribution in [0.2, 0.25) is 0 Å². The molecular formula is C18H19F6NO4S. The number of fused-ring (bicyclic) bond motifs is 1. The number of hydrogen-bond acceptors (Lipinski definition) is 5. The van der Waals surface area contributed by atoms with Crippen molar-refractivity contribution in [1.29, 1.82) is 0 Å². The molecule has 5 nitrogen and oxygen atoms in total. The Morgan fingerprint density at radius 3 is 2.27 bits per heavy atom. The third kappa shape index (κ3) is 4.53. The number of halogens is 6. The summed E-state index contributed by atoms with van der Waals surface area (Å²) in [5, 5.41) is 9.34. The molecule has 0 aromatic heterocycles. The molecule has 1 amide bonds. The molecule has 2 rings (SSSR count). The number of carbonyl (C=O) groups is 2. The van der Waals surface area contributed by atoms with Gasteiger partial charge in [-0.3, -0.25) is 9.59 Å². The lowest BCUT2D eigenvalue weighted by molar-refractivity contribution is -0.376. The molecule has 1 aliphatic rings. The van der Waals surface area contributed by atoms with Gasteiger partial charge in [0.05, 0.1) is 19.2 Å². The van der Waals surface area contributed by atoms with E-state index in [2.05, 4.69) is 4.74 Å². The van der Waals surface area contributed by atoms with E-state index in [-0.39, 0.29) is 35.2 Å². The molecule has 1 N–H and O–H groups in total. The predicted octanol–water partition coefficient (Wildman–Crippen LogP) is 4.17. The van der Waals surface area contributed by atoms with Gasteiger partial charge >= 0.3 is 18.3 Å². The minimum Gasteiger partial charge on any atom is -0.469 e. The van der Waals surface area contributed by atoms with Crippen LogP contribution < -0.4 is 4.90 Å². The summed E-state index contributed by atoms with van der Waals surface area (Å²) in [6.45, 7) is 1.93. The Bertz CT molecular complexity index is 797. The largest absolute Gasteiger partial charge is 0.469 e. The number of hydrogen-bond donors (Lipinski definition) is 1. The molecule has 0 fully saturated rings. The third-order valence-corrected chi connectivity index (χ3v) is 6.09. The summed E-state index contributed by atoms with van der Waals surface area (Å²) in [5.74, 6) is -1.15. The zero-order chi connectivity index (χ0) is 22.9. The van der Waals surface area contributed by atoms with E-state index < -0.39 is 35.4 Å². The Hall–Kier alpha value is -1.95. The van der Waals surface area contributed by atoms with Gasteiger partial charge in [-0.15, -0.1) is 11.8 Å². The maximum absolute atomic E-state index is 13.2. The average Bonchev–Trinajstić information content (AvgIpc) is 2.67. The number of benzene rings is 1. The van der Waals surface area contributed by atoms with Gasteiger partial charge in [0, 0.05) is 28.7 Å². The number of nitrogens with zero attached hydrogens (tertiary/aromatic N) is 1. The number of amides is 1. The van der Waals surface area contributed by atoms with E-state index in [4.69, 9.17) is 0 Å². The highest BCUT2D eigenvalue weighted by Crippen LogP contribution is 2.52. The zero-order valence-corrected chi connectivity index (χ0v) is 16.7. The van der Waals surface area contributed by atoms with E-state index >= 15 is 0 Å². The van der Waals surface area contributed by atoms with Crippen LogP contribution in [0.4, 0.5) is 32.0 Å². The van der Waals surface area contributed by atoms with E-state index in [9.17, 15) is 41.0 Å². The normalized spacial score (nSPS) is 17.5. The number of ether oxygens (including phenoxy) is 1. The quantitative estimate of drug-likeness (QED) is 0.529. The van der Waals surface area contributed by atoms with Crippen LogP contribution in [0.3, 0.4) is 0 Å². The van der Waals surface area contributed by atoms with Crippen molar-refractivity contribution in [2.24, 2.45) is 0 Å². The second kappa shape index (κ2) is 8.66. The van der Waals surface area contributed by atoms with Crippen molar-refractivity contribution < 1.29 is 45.8 Å². The van der Waals surface area contributed by atoms with Crippen molar-refractivity contribution in [3.8, 4) is 0 Å². The summed E-state index contributed by atoms with van der Waals surface area (Å²) in [5.41, 5.74) is -6.31. The molecule has 1 heterocycles. The number of anilines is 1. The Labute approximate surface area is 172 Å². The second-order valence-electron chi connectivity index (χ2n) is 6.62. The fourth-order valence-corrected chi connectivity index (χ4v) is 4.20. The van der Waals surface area contributed by atoms with Gasteiger partial charge in [0.2, 0.25) is 5.91 Å². The van der Waals surface area contributed by atoms with E-state index in [0.717, 1.165) is 24.9 Å². The number of methoxy groups -OCH3 is 1. The average molecular weight is 459 g/mol.